The smallest absolute Gasteiger partial charge is 0.230 e. The van der Waals surface area contributed by atoms with Crippen LogP contribution in [-0.4, -0.2) is 22.4 Å². The standard InChI is InChI=1S/C19H14F2N2O2S2/c20-13-3-1-12(2-4-13)17(24)11-27-19-23-16(10-26-19)9-18(25)22-15-7-5-14(21)6-8-15/h1-8,10H,9,11H2,(H,22,25). The molecule has 1 amide bonds. The zero-order chi connectivity index (χ0) is 19.2. The normalized spacial score (nSPS) is 10.6. The van der Waals surface area contributed by atoms with Gasteiger partial charge in [-0.15, -0.1) is 11.3 Å². The fourth-order valence-electron chi connectivity index (χ4n) is 2.19. The quantitative estimate of drug-likeness (QED) is 0.463. The van der Waals surface area contributed by atoms with Gasteiger partial charge in [0.25, 0.3) is 0 Å². The number of rotatable bonds is 7. The third kappa shape index (κ3) is 5.70. The molecule has 0 atom stereocenters. The molecule has 0 aliphatic carbocycles. The fourth-order valence-corrected chi connectivity index (χ4v) is 3.92. The van der Waals surface area contributed by atoms with E-state index >= 15 is 0 Å². The molecule has 0 spiro atoms. The Labute approximate surface area is 162 Å². The number of ketones is 1. The van der Waals surface area contributed by atoms with Crippen LogP contribution in [0.3, 0.4) is 0 Å². The Balaban J connectivity index is 1.50. The van der Waals surface area contributed by atoms with Gasteiger partial charge in [0, 0.05) is 16.6 Å². The summed E-state index contributed by atoms with van der Waals surface area (Å²) in [4.78, 5) is 28.4. The second kappa shape index (κ2) is 8.88. The van der Waals surface area contributed by atoms with Crippen LogP contribution < -0.4 is 5.32 Å². The minimum atomic E-state index is -0.386. The van der Waals surface area contributed by atoms with Crippen molar-refractivity contribution in [1.29, 1.82) is 0 Å². The fraction of sp³-hybridized carbons (Fsp3) is 0.105. The van der Waals surface area contributed by atoms with E-state index in [1.165, 1.54) is 71.6 Å². The van der Waals surface area contributed by atoms with Crippen LogP contribution in [0.4, 0.5) is 14.5 Å². The summed E-state index contributed by atoms with van der Waals surface area (Å²) >= 11 is 2.62. The van der Waals surface area contributed by atoms with Gasteiger partial charge in [-0.2, -0.15) is 0 Å². The predicted molar refractivity (Wildman–Crippen MR) is 102 cm³/mol. The minimum absolute atomic E-state index is 0.0837. The largest absolute Gasteiger partial charge is 0.326 e. The average Bonchev–Trinajstić information content (AvgIpc) is 3.09. The molecule has 27 heavy (non-hydrogen) atoms. The number of hydrogen-bond acceptors (Lipinski definition) is 5. The zero-order valence-electron chi connectivity index (χ0n) is 13.9. The number of carbonyl (C=O) groups is 2. The molecular formula is C19H14F2N2O2S2. The first-order valence-electron chi connectivity index (χ1n) is 7.91. The van der Waals surface area contributed by atoms with Gasteiger partial charge in [0.15, 0.2) is 10.1 Å². The Hall–Kier alpha value is -2.58. The second-order valence-electron chi connectivity index (χ2n) is 5.56. The predicted octanol–water partition coefficient (Wildman–Crippen LogP) is 4.58. The number of thiazole rings is 1. The van der Waals surface area contributed by atoms with Crippen molar-refractivity contribution in [3.63, 3.8) is 0 Å². The van der Waals surface area contributed by atoms with Crippen molar-refractivity contribution in [2.24, 2.45) is 0 Å². The monoisotopic (exact) mass is 404 g/mol. The minimum Gasteiger partial charge on any atom is -0.326 e. The molecule has 4 nitrogen and oxygen atoms in total. The number of halogens is 2. The Morgan fingerprint density at radius 1 is 1.00 bits per heavy atom. The number of benzene rings is 2. The van der Waals surface area contributed by atoms with E-state index in [4.69, 9.17) is 0 Å². The number of nitrogens with zero attached hydrogens (tertiary/aromatic N) is 1. The molecule has 138 valence electrons. The number of thioether (sulfide) groups is 1. The molecule has 0 aliphatic rings. The Bertz CT molecular complexity index is 941. The third-order valence-corrected chi connectivity index (χ3v) is 5.56. The summed E-state index contributed by atoms with van der Waals surface area (Å²) < 4.78 is 26.4. The van der Waals surface area contributed by atoms with Crippen molar-refractivity contribution >= 4 is 40.5 Å². The van der Waals surface area contributed by atoms with E-state index in [-0.39, 0.29) is 35.5 Å². The molecule has 0 saturated heterocycles. The van der Waals surface area contributed by atoms with E-state index in [2.05, 4.69) is 10.3 Å². The topological polar surface area (TPSA) is 59.1 Å². The van der Waals surface area contributed by atoms with Gasteiger partial charge in [-0.05, 0) is 48.5 Å². The van der Waals surface area contributed by atoms with Gasteiger partial charge in [0.1, 0.15) is 11.6 Å². The number of Topliss-reactive ketones (excluding diaryl/α,β-unsaturated/α-hetero) is 1. The van der Waals surface area contributed by atoms with Crippen molar-refractivity contribution in [2.75, 3.05) is 11.1 Å². The van der Waals surface area contributed by atoms with Gasteiger partial charge in [-0.25, -0.2) is 13.8 Å². The molecule has 2 aromatic carbocycles. The van der Waals surface area contributed by atoms with Crippen LogP contribution in [0.1, 0.15) is 16.1 Å². The van der Waals surface area contributed by atoms with Crippen LogP contribution in [0.5, 0.6) is 0 Å². The molecule has 1 N–H and O–H groups in total. The van der Waals surface area contributed by atoms with E-state index in [0.29, 0.717) is 21.3 Å². The zero-order valence-corrected chi connectivity index (χ0v) is 15.6. The van der Waals surface area contributed by atoms with E-state index in [1.54, 1.807) is 5.38 Å². The summed E-state index contributed by atoms with van der Waals surface area (Å²) in [7, 11) is 0. The summed E-state index contributed by atoms with van der Waals surface area (Å²) in [6.07, 6.45) is 0.0837. The molecule has 0 saturated carbocycles. The molecule has 1 aromatic heterocycles. The van der Waals surface area contributed by atoms with Gasteiger partial charge >= 0.3 is 0 Å². The van der Waals surface area contributed by atoms with Gasteiger partial charge in [-0.1, -0.05) is 11.8 Å². The third-order valence-electron chi connectivity index (χ3n) is 3.49. The SMILES string of the molecule is O=C(Cc1csc(SCC(=O)c2ccc(F)cc2)n1)Nc1ccc(F)cc1. The van der Waals surface area contributed by atoms with Gasteiger partial charge in [0.05, 0.1) is 17.9 Å². The Kier molecular flexibility index (Phi) is 6.31. The summed E-state index contributed by atoms with van der Waals surface area (Å²) in [6, 6.07) is 10.9. The van der Waals surface area contributed by atoms with Crippen LogP contribution >= 0.6 is 23.1 Å². The van der Waals surface area contributed by atoms with Crippen LogP contribution in [0.15, 0.2) is 58.3 Å². The summed E-state index contributed by atoms with van der Waals surface area (Å²) in [5.74, 6) is -0.955. The molecule has 3 aromatic rings. The van der Waals surface area contributed by atoms with Gasteiger partial charge < -0.3 is 5.32 Å². The highest BCUT2D eigenvalue weighted by Crippen LogP contribution is 2.24. The lowest BCUT2D eigenvalue weighted by molar-refractivity contribution is -0.115. The van der Waals surface area contributed by atoms with Crippen LogP contribution in [0.25, 0.3) is 0 Å². The maximum Gasteiger partial charge on any atom is 0.230 e. The lowest BCUT2D eigenvalue weighted by Crippen LogP contribution is -2.14. The molecule has 1 heterocycles. The van der Waals surface area contributed by atoms with E-state index < -0.39 is 0 Å². The van der Waals surface area contributed by atoms with Gasteiger partial charge in [0.2, 0.25) is 5.91 Å². The van der Waals surface area contributed by atoms with Crippen molar-refractivity contribution < 1.29 is 18.4 Å². The van der Waals surface area contributed by atoms with Crippen molar-refractivity contribution in [1.82, 2.24) is 4.98 Å². The van der Waals surface area contributed by atoms with Crippen molar-refractivity contribution in [2.45, 2.75) is 10.8 Å². The number of amides is 1. The molecule has 0 unspecified atom stereocenters. The second-order valence-corrected chi connectivity index (χ2v) is 7.64. The lowest BCUT2D eigenvalue weighted by Gasteiger charge is -2.03. The number of hydrogen-bond donors (Lipinski definition) is 1. The number of anilines is 1. The van der Waals surface area contributed by atoms with Crippen molar-refractivity contribution in [3.8, 4) is 0 Å². The first-order valence-corrected chi connectivity index (χ1v) is 9.77. The highest BCUT2D eigenvalue weighted by molar-refractivity contribution is 8.01. The first kappa shape index (κ1) is 19.2. The molecule has 0 aliphatic heterocycles. The number of carbonyl (C=O) groups excluding carboxylic acids is 2. The maximum atomic E-state index is 12.9. The Morgan fingerprint density at radius 2 is 1.63 bits per heavy atom. The van der Waals surface area contributed by atoms with E-state index in [9.17, 15) is 18.4 Å². The Morgan fingerprint density at radius 3 is 2.30 bits per heavy atom. The molecule has 0 radical (unpaired) electrons. The first-order chi connectivity index (χ1) is 13.0. The number of nitrogens with one attached hydrogen (secondary N) is 1. The molecule has 8 heteroatoms. The maximum absolute atomic E-state index is 12.9. The van der Waals surface area contributed by atoms with Crippen LogP contribution in [-0.2, 0) is 11.2 Å². The summed E-state index contributed by atoms with van der Waals surface area (Å²) in [5.41, 5.74) is 1.55. The molecule has 0 bridgehead atoms. The van der Waals surface area contributed by atoms with E-state index in [0.717, 1.165) is 0 Å². The van der Waals surface area contributed by atoms with Crippen LogP contribution in [0.2, 0.25) is 0 Å². The number of aromatic nitrogens is 1. The molecular weight excluding hydrogens is 390 g/mol. The van der Waals surface area contributed by atoms with Crippen LogP contribution in [0, 0.1) is 11.6 Å². The molecule has 3 rings (SSSR count). The summed E-state index contributed by atoms with van der Waals surface area (Å²) in [5, 5.41) is 4.43. The van der Waals surface area contributed by atoms with E-state index in [1.807, 2.05) is 0 Å². The molecule has 0 fully saturated rings. The summed E-state index contributed by atoms with van der Waals surface area (Å²) in [6.45, 7) is 0. The van der Waals surface area contributed by atoms with Crippen molar-refractivity contribution in [3.05, 3.63) is 76.8 Å². The lowest BCUT2D eigenvalue weighted by atomic mass is 10.1. The highest BCUT2D eigenvalue weighted by atomic mass is 32.2. The average molecular weight is 404 g/mol. The highest BCUT2D eigenvalue weighted by Gasteiger charge is 2.11. The van der Waals surface area contributed by atoms with Gasteiger partial charge in [-0.3, -0.25) is 9.59 Å².